The first kappa shape index (κ1) is 12.8. The number of nitrogens with one attached hydrogen (secondary N) is 1. The highest BCUT2D eigenvalue weighted by Gasteiger charge is 2.31. The Bertz CT molecular complexity index is 447. The molecule has 0 bridgehead atoms. The van der Waals surface area contributed by atoms with Gasteiger partial charge in [-0.2, -0.15) is 0 Å². The van der Waals surface area contributed by atoms with Gasteiger partial charge in [0.1, 0.15) is 11.5 Å². The molecule has 0 atom stereocenters. The maximum Gasteiger partial charge on any atom is 0.292 e. The van der Waals surface area contributed by atoms with E-state index in [2.05, 4.69) is 5.32 Å². The summed E-state index contributed by atoms with van der Waals surface area (Å²) in [7, 11) is 0. The first-order valence-electron chi connectivity index (χ1n) is 5.92. The smallest absolute Gasteiger partial charge is 0.292 e. The number of benzene rings is 1. The number of hydrogen-bond donors (Lipinski definition) is 1. The van der Waals surface area contributed by atoms with Crippen molar-refractivity contribution in [2.24, 2.45) is 0 Å². The van der Waals surface area contributed by atoms with E-state index in [1.807, 2.05) is 6.92 Å². The number of nitrogens with zero attached hydrogens (tertiary/aromatic N) is 1. The highest BCUT2D eigenvalue weighted by atomic mass is 19.1. The SMILES string of the molecule is CCOC1CC(Nc2cc(F)ccc2[N+](=O)[O-])C1. The van der Waals surface area contributed by atoms with Crippen molar-refractivity contribution in [3.63, 3.8) is 0 Å². The molecular weight excluding hydrogens is 239 g/mol. The molecule has 1 saturated carbocycles. The second-order valence-corrected chi connectivity index (χ2v) is 4.31. The van der Waals surface area contributed by atoms with Crippen molar-refractivity contribution in [2.45, 2.75) is 31.9 Å². The van der Waals surface area contributed by atoms with Gasteiger partial charge < -0.3 is 10.1 Å². The number of nitro benzene ring substituents is 1. The van der Waals surface area contributed by atoms with Crippen LogP contribution in [0.4, 0.5) is 15.8 Å². The van der Waals surface area contributed by atoms with Gasteiger partial charge in [-0.05, 0) is 25.8 Å². The molecule has 2 rings (SSSR count). The van der Waals surface area contributed by atoms with Crippen LogP contribution in [0.15, 0.2) is 18.2 Å². The largest absolute Gasteiger partial charge is 0.378 e. The molecule has 0 spiro atoms. The molecular formula is C12H15FN2O3. The highest BCUT2D eigenvalue weighted by Crippen LogP contribution is 2.31. The van der Waals surface area contributed by atoms with E-state index in [1.165, 1.54) is 6.07 Å². The summed E-state index contributed by atoms with van der Waals surface area (Å²) in [5.41, 5.74) is 0.135. The van der Waals surface area contributed by atoms with Gasteiger partial charge in [-0.3, -0.25) is 10.1 Å². The third kappa shape index (κ3) is 2.76. The van der Waals surface area contributed by atoms with Gasteiger partial charge in [-0.1, -0.05) is 0 Å². The van der Waals surface area contributed by atoms with Gasteiger partial charge in [0.15, 0.2) is 0 Å². The van der Waals surface area contributed by atoms with E-state index in [1.54, 1.807) is 0 Å². The maximum atomic E-state index is 13.1. The number of rotatable bonds is 5. The lowest BCUT2D eigenvalue weighted by atomic mass is 9.89. The third-order valence-corrected chi connectivity index (χ3v) is 3.01. The van der Waals surface area contributed by atoms with Crippen LogP contribution in [0.25, 0.3) is 0 Å². The summed E-state index contributed by atoms with van der Waals surface area (Å²) in [5, 5.41) is 13.8. The summed E-state index contributed by atoms with van der Waals surface area (Å²) < 4.78 is 18.5. The topological polar surface area (TPSA) is 64.4 Å². The molecule has 6 heteroatoms. The van der Waals surface area contributed by atoms with Crippen LogP contribution in [0.2, 0.25) is 0 Å². The van der Waals surface area contributed by atoms with Crippen LogP contribution in [0.3, 0.4) is 0 Å². The van der Waals surface area contributed by atoms with Crippen molar-refractivity contribution >= 4 is 11.4 Å². The van der Waals surface area contributed by atoms with Crippen molar-refractivity contribution in [3.8, 4) is 0 Å². The van der Waals surface area contributed by atoms with Gasteiger partial charge in [-0.15, -0.1) is 0 Å². The highest BCUT2D eigenvalue weighted by molar-refractivity contribution is 5.62. The quantitative estimate of drug-likeness (QED) is 0.648. The Hall–Kier alpha value is -1.69. The van der Waals surface area contributed by atoms with Gasteiger partial charge in [0.2, 0.25) is 0 Å². The monoisotopic (exact) mass is 254 g/mol. The minimum atomic E-state index is -0.513. The van der Waals surface area contributed by atoms with E-state index in [4.69, 9.17) is 4.74 Å². The molecule has 1 aromatic carbocycles. The zero-order chi connectivity index (χ0) is 13.1. The molecule has 0 aliphatic heterocycles. The minimum absolute atomic E-state index is 0.101. The molecule has 18 heavy (non-hydrogen) atoms. The third-order valence-electron chi connectivity index (χ3n) is 3.01. The molecule has 1 aromatic rings. The summed E-state index contributed by atoms with van der Waals surface area (Å²) in [6.45, 7) is 2.59. The van der Waals surface area contributed by atoms with Crippen molar-refractivity contribution in [2.75, 3.05) is 11.9 Å². The Kier molecular flexibility index (Phi) is 3.76. The predicted molar refractivity (Wildman–Crippen MR) is 65.1 cm³/mol. The van der Waals surface area contributed by atoms with Gasteiger partial charge in [-0.25, -0.2) is 4.39 Å². The van der Waals surface area contributed by atoms with Gasteiger partial charge in [0.25, 0.3) is 5.69 Å². The lowest BCUT2D eigenvalue weighted by Gasteiger charge is -2.35. The summed E-state index contributed by atoms with van der Waals surface area (Å²) in [4.78, 5) is 10.3. The maximum absolute atomic E-state index is 13.1. The van der Waals surface area contributed by atoms with Gasteiger partial charge >= 0.3 is 0 Å². The van der Waals surface area contributed by atoms with E-state index < -0.39 is 10.7 Å². The predicted octanol–water partition coefficient (Wildman–Crippen LogP) is 2.71. The van der Waals surface area contributed by atoms with Crippen LogP contribution in [-0.2, 0) is 4.74 Å². The van der Waals surface area contributed by atoms with Gasteiger partial charge in [0.05, 0.1) is 11.0 Å². The zero-order valence-electron chi connectivity index (χ0n) is 10.1. The first-order valence-corrected chi connectivity index (χ1v) is 5.92. The molecule has 0 aromatic heterocycles. The molecule has 98 valence electrons. The van der Waals surface area contributed by atoms with Crippen LogP contribution >= 0.6 is 0 Å². The Morgan fingerprint density at radius 3 is 2.89 bits per heavy atom. The van der Waals surface area contributed by atoms with Crippen molar-refractivity contribution in [1.82, 2.24) is 0 Å². The molecule has 1 fully saturated rings. The lowest BCUT2D eigenvalue weighted by Crippen LogP contribution is -2.40. The Balaban J connectivity index is 2.01. The van der Waals surface area contributed by atoms with Crippen LogP contribution in [-0.4, -0.2) is 23.7 Å². The lowest BCUT2D eigenvalue weighted by molar-refractivity contribution is -0.384. The minimum Gasteiger partial charge on any atom is -0.378 e. The Labute approximate surface area is 104 Å². The molecule has 0 radical (unpaired) electrons. The van der Waals surface area contributed by atoms with Crippen LogP contribution in [0.1, 0.15) is 19.8 Å². The zero-order valence-corrected chi connectivity index (χ0v) is 10.1. The number of hydrogen-bond acceptors (Lipinski definition) is 4. The number of anilines is 1. The molecule has 1 aliphatic carbocycles. The van der Waals surface area contributed by atoms with E-state index in [0.29, 0.717) is 6.61 Å². The Morgan fingerprint density at radius 2 is 2.28 bits per heavy atom. The second kappa shape index (κ2) is 5.30. The summed E-state index contributed by atoms with van der Waals surface area (Å²) in [6.07, 6.45) is 1.79. The fourth-order valence-electron chi connectivity index (χ4n) is 2.06. The molecule has 5 nitrogen and oxygen atoms in total. The number of ether oxygens (including phenoxy) is 1. The van der Waals surface area contributed by atoms with Crippen molar-refractivity contribution in [3.05, 3.63) is 34.1 Å². The molecule has 0 unspecified atom stereocenters. The van der Waals surface area contributed by atoms with E-state index in [-0.39, 0.29) is 23.5 Å². The molecule has 0 saturated heterocycles. The fourth-order valence-corrected chi connectivity index (χ4v) is 2.06. The average molecular weight is 254 g/mol. The summed E-state index contributed by atoms with van der Waals surface area (Å²) >= 11 is 0. The first-order chi connectivity index (χ1) is 8.60. The van der Waals surface area contributed by atoms with Gasteiger partial charge in [0, 0.05) is 24.8 Å². The van der Waals surface area contributed by atoms with Crippen molar-refractivity contribution in [1.29, 1.82) is 0 Å². The van der Waals surface area contributed by atoms with Crippen LogP contribution < -0.4 is 5.32 Å². The number of nitro groups is 1. The standard InChI is InChI=1S/C12H15FN2O3/c1-2-18-10-6-9(7-10)14-11-5-8(13)3-4-12(11)15(16)17/h3-5,9-10,14H,2,6-7H2,1H3. The van der Waals surface area contributed by atoms with Crippen LogP contribution in [0, 0.1) is 15.9 Å². The summed E-state index contributed by atoms with van der Waals surface area (Å²) in [6, 6.07) is 3.54. The molecule has 1 N–H and O–H groups in total. The molecule has 1 aliphatic rings. The summed E-state index contributed by atoms with van der Waals surface area (Å²) in [5.74, 6) is -0.483. The van der Waals surface area contributed by atoms with E-state index in [0.717, 1.165) is 25.0 Å². The van der Waals surface area contributed by atoms with Crippen molar-refractivity contribution < 1.29 is 14.1 Å². The van der Waals surface area contributed by atoms with Crippen LogP contribution in [0.5, 0.6) is 0 Å². The van der Waals surface area contributed by atoms with E-state index in [9.17, 15) is 14.5 Å². The molecule has 0 heterocycles. The molecule has 0 amide bonds. The Morgan fingerprint density at radius 1 is 1.56 bits per heavy atom. The van der Waals surface area contributed by atoms with E-state index >= 15 is 0 Å². The fraction of sp³-hybridized carbons (Fsp3) is 0.500. The average Bonchev–Trinajstić information content (AvgIpc) is 2.26. The normalized spacial score (nSPS) is 22.3. The number of halogens is 1. The second-order valence-electron chi connectivity index (χ2n) is 4.31.